The van der Waals surface area contributed by atoms with E-state index in [1.165, 1.54) is 0 Å². The van der Waals surface area contributed by atoms with Crippen molar-refractivity contribution in [2.45, 2.75) is 13.0 Å². The summed E-state index contributed by atoms with van der Waals surface area (Å²) in [4.78, 5) is 26.1. The summed E-state index contributed by atoms with van der Waals surface area (Å²) < 4.78 is 6.00. The number of anilines is 1. The molecule has 0 aliphatic carbocycles. The van der Waals surface area contributed by atoms with Gasteiger partial charge in [0, 0.05) is 23.2 Å². The molecule has 114 valence electrons. The Morgan fingerprint density at radius 1 is 1.38 bits per heavy atom. The number of amides is 2. The minimum Gasteiger partial charge on any atom is -0.398 e. The summed E-state index contributed by atoms with van der Waals surface area (Å²) in [5, 5.41) is 2.69. The Hall–Kier alpha value is -1.60. The molecule has 0 saturated carbocycles. The van der Waals surface area contributed by atoms with Crippen LogP contribution in [0.2, 0.25) is 0 Å². The van der Waals surface area contributed by atoms with Crippen LogP contribution in [-0.2, 0) is 9.53 Å². The lowest BCUT2D eigenvalue weighted by Crippen LogP contribution is -2.50. The van der Waals surface area contributed by atoms with Gasteiger partial charge in [-0.05, 0) is 25.1 Å². The van der Waals surface area contributed by atoms with Crippen molar-refractivity contribution in [3.8, 4) is 0 Å². The molecular weight excluding hydrogens is 338 g/mol. The number of nitrogen functional groups attached to an aromatic ring is 1. The number of rotatable bonds is 3. The molecule has 1 atom stereocenters. The number of carbonyl (C=O) groups is 2. The average molecular weight is 356 g/mol. The first-order chi connectivity index (χ1) is 9.99. The Morgan fingerprint density at radius 2 is 2.05 bits per heavy atom. The van der Waals surface area contributed by atoms with Gasteiger partial charge in [0.2, 0.25) is 5.91 Å². The molecule has 1 unspecified atom stereocenters. The summed E-state index contributed by atoms with van der Waals surface area (Å²) in [6.07, 6.45) is 0. The summed E-state index contributed by atoms with van der Waals surface area (Å²) in [6.45, 7) is 3.85. The van der Waals surface area contributed by atoms with E-state index in [1.54, 1.807) is 30.0 Å². The van der Waals surface area contributed by atoms with Gasteiger partial charge >= 0.3 is 0 Å². The minimum atomic E-state index is -0.598. The SMILES string of the molecule is CC(NC(=O)c1ccc(Br)cc1N)C(=O)N1CCOCC1. The van der Waals surface area contributed by atoms with Crippen molar-refractivity contribution in [1.82, 2.24) is 10.2 Å². The van der Waals surface area contributed by atoms with Gasteiger partial charge in [-0.2, -0.15) is 0 Å². The molecule has 21 heavy (non-hydrogen) atoms. The van der Waals surface area contributed by atoms with Gasteiger partial charge in [0.05, 0.1) is 18.8 Å². The minimum absolute atomic E-state index is 0.109. The summed E-state index contributed by atoms with van der Waals surface area (Å²) in [5.41, 5.74) is 6.54. The standard InChI is InChI=1S/C14H18BrN3O3/c1-9(14(20)18-4-6-21-7-5-18)17-13(19)11-3-2-10(15)8-12(11)16/h2-3,8-9H,4-7,16H2,1H3,(H,17,19). The molecule has 1 saturated heterocycles. The maximum atomic E-state index is 12.2. The third-order valence-corrected chi connectivity index (χ3v) is 3.79. The Balaban J connectivity index is 1.99. The fraction of sp³-hybridized carbons (Fsp3) is 0.429. The van der Waals surface area contributed by atoms with Crippen LogP contribution >= 0.6 is 15.9 Å². The zero-order valence-electron chi connectivity index (χ0n) is 11.8. The molecule has 1 aromatic carbocycles. The number of halogens is 1. The molecule has 0 aromatic heterocycles. The molecule has 2 amide bonds. The number of hydrogen-bond acceptors (Lipinski definition) is 4. The highest BCUT2D eigenvalue weighted by molar-refractivity contribution is 9.10. The monoisotopic (exact) mass is 355 g/mol. The van der Waals surface area contributed by atoms with Crippen LogP contribution in [0.25, 0.3) is 0 Å². The molecule has 1 aliphatic heterocycles. The van der Waals surface area contributed by atoms with E-state index in [1.807, 2.05) is 0 Å². The number of nitrogens with zero attached hydrogens (tertiary/aromatic N) is 1. The van der Waals surface area contributed by atoms with Crippen LogP contribution in [0.1, 0.15) is 17.3 Å². The van der Waals surface area contributed by atoms with Crippen LogP contribution in [0, 0.1) is 0 Å². The van der Waals surface area contributed by atoms with Crippen molar-refractivity contribution < 1.29 is 14.3 Å². The molecule has 0 spiro atoms. The molecule has 6 nitrogen and oxygen atoms in total. The third kappa shape index (κ3) is 3.95. The lowest BCUT2D eigenvalue weighted by molar-refractivity contribution is -0.136. The summed E-state index contributed by atoms with van der Waals surface area (Å²) >= 11 is 3.29. The Kier molecular flexibility index (Phi) is 5.19. The van der Waals surface area contributed by atoms with E-state index in [0.717, 1.165) is 4.47 Å². The second-order valence-corrected chi connectivity index (χ2v) is 5.78. The topological polar surface area (TPSA) is 84.7 Å². The van der Waals surface area contributed by atoms with E-state index in [0.29, 0.717) is 37.6 Å². The van der Waals surface area contributed by atoms with Crippen LogP contribution < -0.4 is 11.1 Å². The van der Waals surface area contributed by atoms with Crippen molar-refractivity contribution in [3.63, 3.8) is 0 Å². The maximum absolute atomic E-state index is 12.2. The molecule has 0 bridgehead atoms. The normalized spacial score (nSPS) is 16.4. The van der Waals surface area contributed by atoms with Gasteiger partial charge in [-0.25, -0.2) is 0 Å². The molecule has 7 heteroatoms. The number of nitrogens with one attached hydrogen (secondary N) is 1. The van der Waals surface area contributed by atoms with E-state index in [-0.39, 0.29) is 11.8 Å². The average Bonchev–Trinajstić information content (AvgIpc) is 2.47. The van der Waals surface area contributed by atoms with E-state index >= 15 is 0 Å². The van der Waals surface area contributed by atoms with Crippen molar-refractivity contribution in [2.24, 2.45) is 0 Å². The smallest absolute Gasteiger partial charge is 0.254 e. The van der Waals surface area contributed by atoms with Crippen LogP contribution in [-0.4, -0.2) is 49.1 Å². The highest BCUT2D eigenvalue weighted by Gasteiger charge is 2.24. The Bertz CT molecular complexity index is 544. The van der Waals surface area contributed by atoms with Crippen molar-refractivity contribution >= 4 is 33.4 Å². The molecule has 1 fully saturated rings. The van der Waals surface area contributed by atoms with Gasteiger partial charge < -0.3 is 20.7 Å². The molecule has 1 aromatic rings. The number of morpholine rings is 1. The van der Waals surface area contributed by atoms with Crippen LogP contribution in [0.3, 0.4) is 0 Å². The van der Waals surface area contributed by atoms with Gasteiger partial charge in [0.15, 0.2) is 0 Å². The van der Waals surface area contributed by atoms with Gasteiger partial charge in [-0.15, -0.1) is 0 Å². The fourth-order valence-electron chi connectivity index (χ4n) is 2.13. The quantitative estimate of drug-likeness (QED) is 0.792. The van der Waals surface area contributed by atoms with Gasteiger partial charge in [-0.1, -0.05) is 15.9 Å². The second kappa shape index (κ2) is 6.91. The molecule has 3 N–H and O–H groups in total. The van der Waals surface area contributed by atoms with Crippen LogP contribution in [0.4, 0.5) is 5.69 Å². The predicted octanol–water partition coefficient (Wildman–Crippen LogP) is 1.01. The zero-order valence-corrected chi connectivity index (χ0v) is 13.4. The lowest BCUT2D eigenvalue weighted by Gasteiger charge is -2.29. The first-order valence-electron chi connectivity index (χ1n) is 6.71. The van der Waals surface area contributed by atoms with Crippen LogP contribution in [0.5, 0.6) is 0 Å². The number of nitrogens with two attached hydrogens (primary N) is 1. The van der Waals surface area contributed by atoms with E-state index < -0.39 is 6.04 Å². The largest absolute Gasteiger partial charge is 0.398 e. The first kappa shape index (κ1) is 15.8. The Labute approximate surface area is 131 Å². The number of carbonyl (C=O) groups excluding carboxylic acids is 2. The van der Waals surface area contributed by atoms with Crippen molar-refractivity contribution in [2.75, 3.05) is 32.0 Å². The van der Waals surface area contributed by atoms with Gasteiger partial charge in [-0.3, -0.25) is 9.59 Å². The summed E-state index contributed by atoms with van der Waals surface area (Å²) in [5.74, 6) is -0.462. The van der Waals surface area contributed by atoms with E-state index in [2.05, 4.69) is 21.2 Å². The number of hydrogen-bond donors (Lipinski definition) is 2. The predicted molar refractivity (Wildman–Crippen MR) is 82.9 cm³/mol. The lowest BCUT2D eigenvalue weighted by atomic mass is 10.1. The number of ether oxygens (including phenoxy) is 1. The third-order valence-electron chi connectivity index (χ3n) is 3.30. The second-order valence-electron chi connectivity index (χ2n) is 4.86. The van der Waals surface area contributed by atoms with Crippen LogP contribution in [0.15, 0.2) is 22.7 Å². The molecule has 1 aliphatic rings. The van der Waals surface area contributed by atoms with E-state index in [4.69, 9.17) is 10.5 Å². The highest BCUT2D eigenvalue weighted by atomic mass is 79.9. The first-order valence-corrected chi connectivity index (χ1v) is 7.51. The molecule has 1 heterocycles. The Morgan fingerprint density at radius 3 is 2.67 bits per heavy atom. The van der Waals surface area contributed by atoms with E-state index in [9.17, 15) is 9.59 Å². The van der Waals surface area contributed by atoms with Crippen molar-refractivity contribution in [1.29, 1.82) is 0 Å². The van der Waals surface area contributed by atoms with Crippen molar-refractivity contribution in [3.05, 3.63) is 28.2 Å². The van der Waals surface area contributed by atoms with Gasteiger partial charge in [0.25, 0.3) is 5.91 Å². The highest BCUT2D eigenvalue weighted by Crippen LogP contribution is 2.18. The summed E-state index contributed by atoms with van der Waals surface area (Å²) in [6, 6.07) is 4.42. The number of benzene rings is 1. The fourth-order valence-corrected chi connectivity index (χ4v) is 2.51. The van der Waals surface area contributed by atoms with Gasteiger partial charge in [0.1, 0.15) is 6.04 Å². The zero-order chi connectivity index (χ0) is 15.4. The molecule has 2 rings (SSSR count). The maximum Gasteiger partial charge on any atom is 0.254 e. The summed E-state index contributed by atoms with van der Waals surface area (Å²) in [7, 11) is 0. The molecular formula is C14H18BrN3O3. The molecule has 0 radical (unpaired) electrons.